The highest BCUT2D eigenvalue weighted by atomic mass is 19.3. The van der Waals surface area contributed by atoms with E-state index in [2.05, 4.69) is 0 Å². The Labute approximate surface area is 118 Å². The summed E-state index contributed by atoms with van der Waals surface area (Å²) in [7, 11) is 1.68. The number of hydrogen-bond donors (Lipinski definition) is 0. The van der Waals surface area contributed by atoms with Crippen LogP contribution in [0.1, 0.15) is 31.9 Å². The summed E-state index contributed by atoms with van der Waals surface area (Å²) in [6.07, 6.45) is 2.42. The minimum Gasteiger partial charge on any atom is -0.306 e. The van der Waals surface area contributed by atoms with Crippen molar-refractivity contribution in [1.82, 2.24) is 9.47 Å². The van der Waals surface area contributed by atoms with Gasteiger partial charge in [0.15, 0.2) is 0 Å². The molecule has 1 aliphatic rings. The van der Waals surface area contributed by atoms with Crippen molar-refractivity contribution in [1.29, 1.82) is 0 Å². The van der Waals surface area contributed by atoms with Crippen LogP contribution >= 0.6 is 0 Å². The third kappa shape index (κ3) is 3.08. The Kier molecular flexibility index (Phi) is 4.28. The first-order chi connectivity index (χ1) is 9.31. The maximum Gasteiger partial charge on any atom is 0.280 e. The third-order valence-corrected chi connectivity index (χ3v) is 3.77. The average molecular weight is 284 g/mol. The molecule has 5 heteroatoms. The Morgan fingerprint density at radius 3 is 2.75 bits per heavy atom. The summed E-state index contributed by atoms with van der Waals surface area (Å²) in [5, 5.41) is 0. The summed E-state index contributed by atoms with van der Waals surface area (Å²) in [5.41, 5.74) is 0.354. The third-order valence-electron chi connectivity index (χ3n) is 3.77. The van der Waals surface area contributed by atoms with Gasteiger partial charge in [-0.1, -0.05) is 19.9 Å². The number of likely N-dealkylation sites (tertiary alicyclic amines) is 1. The van der Waals surface area contributed by atoms with E-state index < -0.39 is 12.0 Å². The lowest BCUT2D eigenvalue weighted by Crippen LogP contribution is -2.49. The van der Waals surface area contributed by atoms with E-state index in [0.29, 0.717) is 30.9 Å². The molecule has 112 valence electrons. The van der Waals surface area contributed by atoms with Crippen LogP contribution in [-0.2, 0) is 6.42 Å². The summed E-state index contributed by atoms with van der Waals surface area (Å²) in [6, 6.07) is 2.41. The Balaban J connectivity index is 2.35. The van der Waals surface area contributed by atoms with Gasteiger partial charge >= 0.3 is 0 Å². The van der Waals surface area contributed by atoms with Crippen molar-refractivity contribution in [2.45, 2.75) is 38.7 Å². The summed E-state index contributed by atoms with van der Waals surface area (Å²) >= 11 is 0. The highest BCUT2D eigenvalue weighted by molar-refractivity contribution is 5.12. The summed E-state index contributed by atoms with van der Waals surface area (Å²) in [6.45, 7) is 4.32. The number of piperidine rings is 1. The van der Waals surface area contributed by atoms with Crippen molar-refractivity contribution < 1.29 is 8.78 Å². The Morgan fingerprint density at radius 2 is 2.15 bits per heavy atom. The van der Waals surface area contributed by atoms with Crippen LogP contribution in [0.25, 0.3) is 0 Å². The SMILES string of the molecule is CC(C)Cc1cccn([C@@H]2CCN(C)CC2(F)F)c1=O. The Bertz CT molecular complexity index is 525. The average Bonchev–Trinajstić information content (AvgIpc) is 2.31. The fourth-order valence-corrected chi connectivity index (χ4v) is 2.84. The number of hydrogen-bond acceptors (Lipinski definition) is 2. The van der Waals surface area contributed by atoms with E-state index in [4.69, 9.17) is 0 Å². The van der Waals surface area contributed by atoms with Gasteiger partial charge < -0.3 is 9.47 Å². The molecular weight excluding hydrogens is 262 g/mol. The molecule has 3 nitrogen and oxygen atoms in total. The summed E-state index contributed by atoms with van der Waals surface area (Å²) < 4.78 is 29.6. The number of halogens is 2. The largest absolute Gasteiger partial charge is 0.306 e. The van der Waals surface area contributed by atoms with Crippen molar-refractivity contribution in [3.63, 3.8) is 0 Å². The van der Waals surface area contributed by atoms with Crippen LogP contribution in [0.15, 0.2) is 23.1 Å². The van der Waals surface area contributed by atoms with Gasteiger partial charge in [0.25, 0.3) is 11.5 Å². The maximum atomic E-state index is 14.2. The molecule has 20 heavy (non-hydrogen) atoms. The van der Waals surface area contributed by atoms with Gasteiger partial charge in [0.2, 0.25) is 0 Å². The highest BCUT2D eigenvalue weighted by Gasteiger charge is 2.45. The molecule has 2 rings (SSSR count). The molecule has 0 aromatic carbocycles. The van der Waals surface area contributed by atoms with Crippen LogP contribution < -0.4 is 5.56 Å². The zero-order valence-corrected chi connectivity index (χ0v) is 12.3. The Hall–Kier alpha value is -1.23. The predicted octanol–water partition coefficient (Wildman–Crippen LogP) is 2.56. The number of nitrogens with zero attached hydrogens (tertiary/aromatic N) is 2. The molecule has 1 aliphatic heterocycles. The first-order valence-corrected chi connectivity index (χ1v) is 7.07. The summed E-state index contributed by atoms with van der Waals surface area (Å²) in [5.74, 6) is -2.54. The van der Waals surface area contributed by atoms with Gasteiger partial charge in [-0.15, -0.1) is 0 Å². The second-order valence-electron chi connectivity index (χ2n) is 6.15. The lowest BCUT2D eigenvalue weighted by molar-refractivity contribution is -0.0989. The fraction of sp³-hybridized carbons (Fsp3) is 0.667. The van der Waals surface area contributed by atoms with E-state index in [1.54, 1.807) is 24.1 Å². The Morgan fingerprint density at radius 1 is 1.45 bits per heavy atom. The maximum absolute atomic E-state index is 14.2. The van der Waals surface area contributed by atoms with Gasteiger partial charge in [-0.05, 0) is 31.9 Å². The smallest absolute Gasteiger partial charge is 0.280 e. The van der Waals surface area contributed by atoms with E-state index in [1.165, 1.54) is 10.8 Å². The van der Waals surface area contributed by atoms with Crippen molar-refractivity contribution >= 4 is 0 Å². The van der Waals surface area contributed by atoms with Crippen molar-refractivity contribution in [2.24, 2.45) is 5.92 Å². The molecule has 0 saturated carbocycles. The molecule has 1 fully saturated rings. The minimum atomic E-state index is -2.87. The van der Waals surface area contributed by atoms with E-state index in [-0.39, 0.29) is 12.1 Å². The van der Waals surface area contributed by atoms with Gasteiger partial charge in [0.05, 0.1) is 6.54 Å². The van der Waals surface area contributed by atoms with Crippen molar-refractivity contribution in [3.8, 4) is 0 Å². The molecule has 1 atom stereocenters. The van der Waals surface area contributed by atoms with Crippen LogP contribution in [0.5, 0.6) is 0 Å². The summed E-state index contributed by atoms with van der Waals surface area (Å²) in [4.78, 5) is 14.0. The van der Waals surface area contributed by atoms with Crippen molar-refractivity contribution in [2.75, 3.05) is 20.1 Å². The number of alkyl halides is 2. The monoisotopic (exact) mass is 284 g/mol. The molecule has 1 aromatic heterocycles. The molecule has 0 unspecified atom stereocenters. The number of aromatic nitrogens is 1. The molecule has 0 radical (unpaired) electrons. The zero-order valence-electron chi connectivity index (χ0n) is 12.3. The molecule has 1 aromatic rings. The van der Waals surface area contributed by atoms with E-state index >= 15 is 0 Å². The molecule has 0 N–H and O–H groups in total. The molecule has 0 amide bonds. The molecule has 0 spiro atoms. The second-order valence-corrected chi connectivity index (χ2v) is 6.15. The second kappa shape index (κ2) is 5.64. The molecule has 2 heterocycles. The van der Waals surface area contributed by atoms with Crippen LogP contribution in [0, 0.1) is 5.92 Å². The lowest BCUT2D eigenvalue weighted by atomic mass is 9.99. The fourth-order valence-electron chi connectivity index (χ4n) is 2.84. The van der Waals surface area contributed by atoms with Gasteiger partial charge in [-0.3, -0.25) is 4.79 Å². The van der Waals surface area contributed by atoms with Gasteiger partial charge in [-0.2, -0.15) is 0 Å². The van der Waals surface area contributed by atoms with Crippen LogP contribution in [0.2, 0.25) is 0 Å². The minimum absolute atomic E-state index is 0.268. The van der Waals surface area contributed by atoms with Crippen LogP contribution in [0.3, 0.4) is 0 Å². The zero-order chi connectivity index (χ0) is 14.9. The van der Waals surface area contributed by atoms with Crippen molar-refractivity contribution in [3.05, 3.63) is 34.2 Å². The first-order valence-electron chi connectivity index (χ1n) is 7.07. The van der Waals surface area contributed by atoms with Gasteiger partial charge in [-0.25, -0.2) is 8.78 Å². The quantitative estimate of drug-likeness (QED) is 0.852. The first kappa shape index (κ1) is 15.2. The topological polar surface area (TPSA) is 25.2 Å². The lowest BCUT2D eigenvalue weighted by Gasteiger charge is -2.37. The van der Waals surface area contributed by atoms with E-state index in [1.807, 2.05) is 13.8 Å². The van der Waals surface area contributed by atoms with E-state index in [9.17, 15) is 13.6 Å². The van der Waals surface area contributed by atoms with Gasteiger partial charge in [0, 0.05) is 18.3 Å². The number of rotatable bonds is 3. The highest BCUT2D eigenvalue weighted by Crippen LogP contribution is 2.35. The molecule has 0 bridgehead atoms. The normalized spacial score (nSPS) is 23.2. The molecular formula is C15H22F2N2O. The standard InChI is InChI=1S/C15H22F2N2O/c1-11(2)9-12-5-4-7-19(14(12)20)13-6-8-18(3)10-15(13,16)17/h4-5,7,11,13H,6,8-10H2,1-3H3/t13-/m1/s1. The van der Waals surface area contributed by atoms with Crippen LogP contribution in [0.4, 0.5) is 8.78 Å². The predicted molar refractivity (Wildman–Crippen MR) is 75.3 cm³/mol. The van der Waals surface area contributed by atoms with E-state index in [0.717, 1.165) is 0 Å². The molecule has 0 aliphatic carbocycles. The molecule has 1 saturated heterocycles. The number of pyridine rings is 1. The van der Waals surface area contributed by atoms with Gasteiger partial charge in [0.1, 0.15) is 6.04 Å². The van der Waals surface area contributed by atoms with Crippen LogP contribution in [-0.4, -0.2) is 35.5 Å².